The predicted octanol–water partition coefficient (Wildman–Crippen LogP) is 4.65. The van der Waals surface area contributed by atoms with Gasteiger partial charge in [0.1, 0.15) is 11.5 Å². The number of fused-ring (bicyclic) bond motifs is 1. The first kappa shape index (κ1) is 16.8. The molecular weight excluding hydrogens is 314 g/mol. The molecule has 0 aliphatic heterocycles. The molecule has 0 heterocycles. The Morgan fingerprint density at radius 2 is 1.64 bits per heavy atom. The zero-order valence-corrected chi connectivity index (χ0v) is 14.2. The van der Waals surface area contributed by atoms with Gasteiger partial charge in [0.15, 0.2) is 0 Å². The summed E-state index contributed by atoms with van der Waals surface area (Å²) in [5, 5.41) is 5.15. The van der Waals surface area contributed by atoms with Gasteiger partial charge in [0.05, 0.1) is 13.7 Å². The molecule has 0 saturated heterocycles. The second-order valence-corrected chi connectivity index (χ2v) is 5.70. The highest BCUT2D eigenvalue weighted by atomic mass is 16.5. The second kappa shape index (κ2) is 8.20. The maximum absolute atomic E-state index is 12.2. The Bertz CT molecular complexity index is 838. The molecule has 0 bridgehead atoms. The molecule has 0 aliphatic carbocycles. The van der Waals surface area contributed by atoms with Crippen molar-refractivity contribution in [3.05, 3.63) is 66.7 Å². The molecule has 128 valence electrons. The van der Waals surface area contributed by atoms with Gasteiger partial charge in [0.2, 0.25) is 5.91 Å². The van der Waals surface area contributed by atoms with E-state index in [1.54, 1.807) is 7.11 Å². The largest absolute Gasteiger partial charge is 0.497 e. The van der Waals surface area contributed by atoms with Crippen molar-refractivity contribution < 1.29 is 14.3 Å². The molecule has 0 aliphatic rings. The lowest BCUT2D eigenvalue weighted by molar-refractivity contribution is -0.116. The van der Waals surface area contributed by atoms with Crippen LogP contribution >= 0.6 is 0 Å². The Labute approximate surface area is 147 Å². The Hall–Kier alpha value is -3.01. The van der Waals surface area contributed by atoms with E-state index in [1.807, 2.05) is 66.7 Å². The molecule has 1 N–H and O–H groups in total. The molecule has 0 fully saturated rings. The molecule has 0 unspecified atom stereocenters. The lowest BCUT2D eigenvalue weighted by atomic mass is 10.1. The van der Waals surface area contributed by atoms with Crippen LogP contribution in [0.2, 0.25) is 0 Å². The summed E-state index contributed by atoms with van der Waals surface area (Å²) >= 11 is 0. The number of carbonyl (C=O) groups excluding carboxylic acids is 1. The summed E-state index contributed by atoms with van der Waals surface area (Å²) in [6.07, 6.45) is 1.07. The second-order valence-electron chi connectivity index (χ2n) is 5.70. The molecule has 4 heteroatoms. The first-order valence-corrected chi connectivity index (χ1v) is 8.31. The molecule has 1 amide bonds. The van der Waals surface area contributed by atoms with Crippen molar-refractivity contribution in [3.63, 3.8) is 0 Å². The number of rotatable bonds is 7. The first-order valence-electron chi connectivity index (χ1n) is 8.31. The molecule has 3 aromatic rings. The minimum Gasteiger partial charge on any atom is -0.497 e. The Morgan fingerprint density at radius 1 is 0.920 bits per heavy atom. The predicted molar refractivity (Wildman–Crippen MR) is 100 cm³/mol. The number of carbonyl (C=O) groups is 1. The highest BCUT2D eigenvalue weighted by Gasteiger charge is 2.06. The third kappa shape index (κ3) is 4.51. The summed E-state index contributed by atoms with van der Waals surface area (Å²) in [6, 6.07) is 21.3. The lowest BCUT2D eigenvalue weighted by Gasteiger charge is -2.09. The van der Waals surface area contributed by atoms with Crippen molar-refractivity contribution >= 4 is 22.4 Å². The average molecular weight is 335 g/mol. The molecule has 0 atom stereocenters. The molecule has 0 radical (unpaired) electrons. The fourth-order valence-electron chi connectivity index (χ4n) is 2.64. The summed E-state index contributed by atoms with van der Waals surface area (Å²) in [5.74, 6) is 1.56. The van der Waals surface area contributed by atoms with Gasteiger partial charge in [-0.25, -0.2) is 0 Å². The number of hydrogen-bond acceptors (Lipinski definition) is 3. The van der Waals surface area contributed by atoms with Crippen LogP contribution < -0.4 is 14.8 Å². The zero-order valence-electron chi connectivity index (χ0n) is 14.2. The van der Waals surface area contributed by atoms with Gasteiger partial charge in [-0.15, -0.1) is 0 Å². The van der Waals surface area contributed by atoms with Crippen molar-refractivity contribution in [1.82, 2.24) is 0 Å². The van der Waals surface area contributed by atoms with Crippen LogP contribution in [-0.2, 0) is 4.79 Å². The third-order valence-electron chi connectivity index (χ3n) is 3.94. The fourth-order valence-corrected chi connectivity index (χ4v) is 2.64. The Kier molecular flexibility index (Phi) is 5.52. The highest BCUT2D eigenvalue weighted by molar-refractivity contribution is 6.02. The summed E-state index contributed by atoms with van der Waals surface area (Å²) in [6.45, 7) is 0.495. The third-order valence-corrected chi connectivity index (χ3v) is 3.94. The summed E-state index contributed by atoms with van der Waals surface area (Å²) < 4.78 is 10.7. The number of methoxy groups -OCH3 is 1. The van der Waals surface area contributed by atoms with Gasteiger partial charge in [0, 0.05) is 17.5 Å². The monoisotopic (exact) mass is 335 g/mol. The van der Waals surface area contributed by atoms with Gasteiger partial charge in [-0.1, -0.05) is 36.4 Å². The number of ether oxygens (including phenoxy) is 2. The molecule has 0 aromatic heterocycles. The Balaban J connectivity index is 1.47. The summed E-state index contributed by atoms with van der Waals surface area (Å²) in [4.78, 5) is 12.2. The van der Waals surface area contributed by atoms with Gasteiger partial charge in [-0.3, -0.25) is 4.79 Å². The minimum absolute atomic E-state index is 0.00492. The van der Waals surface area contributed by atoms with Gasteiger partial charge < -0.3 is 14.8 Å². The lowest BCUT2D eigenvalue weighted by Crippen LogP contribution is -2.13. The number of amides is 1. The van der Waals surface area contributed by atoms with E-state index in [4.69, 9.17) is 9.47 Å². The molecule has 3 rings (SSSR count). The minimum atomic E-state index is -0.00492. The molecule has 25 heavy (non-hydrogen) atoms. The van der Waals surface area contributed by atoms with Crippen LogP contribution in [0.25, 0.3) is 10.8 Å². The van der Waals surface area contributed by atoms with Crippen molar-refractivity contribution in [2.24, 2.45) is 0 Å². The maximum Gasteiger partial charge on any atom is 0.224 e. The first-order chi connectivity index (χ1) is 12.3. The zero-order chi connectivity index (χ0) is 17.5. The number of benzene rings is 3. The van der Waals surface area contributed by atoms with Crippen LogP contribution in [0.3, 0.4) is 0 Å². The van der Waals surface area contributed by atoms with Crippen LogP contribution in [0, 0.1) is 0 Å². The summed E-state index contributed by atoms with van der Waals surface area (Å²) in [7, 11) is 1.63. The molecule has 4 nitrogen and oxygen atoms in total. The van der Waals surface area contributed by atoms with Crippen LogP contribution in [0.5, 0.6) is 11.5 Å². The smallest absolute Gasteiger partial charge is 0.224 e. The van der Waals surface area contributed by atoms with Gasteiger partial charge >= 0.3 is 0 Å². The number of nitrogens with one attached hydrogen (secondary N) is 1. The molecule has 3 aromatic carbocycles. The van der Waals surface area contributed by atoms with Gasteiger partial charge in [-0.2, -0.15) is 0 Å². The van der Waals surface area contributed by atoms with Crippen LogP contribution in [0.4, 0.5) is 5.69 Å². The van der Waals surface area contributed by atoms with Crippen molar-refractivity contribution in [3.8, 4) is 11.5 Å². The highest BCUT2D eigenvalue weighted by Crippen LogP contribution is 2.23. The van der Waals surface area contributed by atoms with Gasteiger partial charge in [0.25, 0.3) is 0 Å². The van der Waals surface area contributed by atoms with E-state index < -0.39 is 0 Å². The van der Waals surface area contributed by atoms with E-state index in [1.165, 1.54) is 0 Å². The van der Waals surface area contributed by atoms with E-state index in [-0.39, 0.29) is 5.91 Å². The van der Waals surface area contributed by atoms with E-state index in [9.17, 15) is 4.79 Å². The SMILES string of the molecule is COc1ccc(OCCCC(=O)Nc2cccc3ccccc23)cc1. The van der Waals surface area contributed by atoms with Gasteiger partial charge in [-0.05, 0) is 42.1 Å². The fraction of sp³-hybridized carbons (Fsp3) is 0.190. The van der Waals surface area contributed by atoms with Crippen molar-refractivity contribution in [1.29, 1.82) is 0 Å². The van der Waals surface area contributed by atoms with E-state index in [2.05, 4.69) is 5.32 Å². The topological polar surface area (TPSA) is 47.6 Å². The van der Waals surface area contributed by atoms with Crippen molar-refractivity contribution in [2.45, 2.75) is 12.8 Å². The number of anilines is 1. The van der Waals surface area contributed by atoms with Crippen LogP contribution in [0.15, 0.2) is 66.7 Å². The quantitative estimate of drug-likeness (QED) is 0.640. The normalized spacial score (nSPS) is 10.4. The number of hydrogen-bond donors (Lipinski definition) is 1. The molecular formula is C21H21NO3. The molecule has 0 spiro atoms. The average Bonchev–Trinajstić information content (AvgIpc) is 2.66. The van der Waals surface area contributed by atoms with Crippen molar-refractivity contribution in [2.75, 3.05) is 19.0 Å². The van der Waals surface area contributed by atoms with E-state index >= 15 is 0 Å². The summed E-state index contributed by atoms with van der Waals surface area (Å²) in [5.41, 5.74) is 0.846. The maximum atomic E-state index is 12.2. The standard InChI is InChI=1S/C21H21NO3/c1-24-17-11-13-18(14-12-17)25-15-5-10-21(23)22-20-9-4-7-16-6-2-3-8-19(16)20/h2-4,6-9,11-14H,5,10,15H2,1H3,(H,22,23). The van der Waals surface area contributed by atoms with E-state index in [0.717, 1.165) is 28.0 Å². The van der Waals surface area contributed by atoms with E-state index in [0.29, 0.717) is 19.4 Å². The molecule has 0 saturated carbocycles. The Morgan fingerprint density at radius 3 is 2.44 bits per heavy atom. The van der Waals surface area contributed by atoms with Crippen LogP contribution in [0.1, 0.15) is 12.8 Å². The van der Waals surface area contributed by atoms with Crippen LogP contribution in [-0.4, -0.2) is 19.6 Å².